The number of hydrogen-bond acceptors (Lipinski definition) is 4. The summed E-state index contributed by atoms with van der Waals surface area (Å²) >= 11 is 0. The quantitative estimate of drug-likeness (QED) is 0.456. The van der Waals surface area contributed by atoms with Crippen LogP contribution in [0.5, 0.6) is 0 Å². The second-order valence-corrected chi connectivity index (χ2v) is 4.21. The van der Waals surface area contributed by atoms with E-state index >= 15 is 0 Å². The molecule has 0 unspecified atom stereocenters. The molecule has 0 N–H and O–H groups in total. The number of aldehydes is 1. The van der Waals surface area contributed by atoms with Crippen molar-refractivity contribution >= 4 is 17.7 Å². The van der Waals surface area contributed by atoms with E-state index in [1.54, 1.807) is 18.2 Å². The second-order valence-electron chi connectivity index (χ2n) is 4.21. The zero-order chi connectivity index (χ0) is 12.3. The zero-order valence-electron chi connectivity index (χ0n) is 9.41. The Labute approximate surface area is 99.2 Å². The van der Waals surface area contributed by atoms with Crippen molar-refractivity contribution in [3.8, 4) is 0 Å². The summed E-state index contributed by atoms with van der Waals surface area (Å²) in [5.74, 6) is 0.106. The van der Waals surface area contributed by atoms with Crippen molar-refractivity contribution in [3.05, 3.63) is 34.4 Å². The van der Waals surface area contributed by atoms with Gasteiger partial charge in [-0.05, 0) is 18.9 Å². The molecule has 90 valence electrons. The molecule has 0 radical (unpaired) electrons. The van der Waals surface area contributed by atoms with Gasteiger partial charge in [-0.15, -0.1) is 0 Å². The molecular formula is C12H14N2O3. The number of hydrogen-bond donors (Lipinski definition) is 0. The highest BCUT2D eigenvalue weighted by atomic mass is 16.6. The van der Waals surface area contributed by atoms with E-state index in [-0.39, 0.29) is 16.5 Å². The Balaban J connectivity index is 2.18. The minimum atomic E-state index is -0.360. The number of para-hydroxylation sites is 2. The van der Waals surface area contributed by atoms with Crippen molar-refractivity contribution in [3.63, 3.8) is 0 Å². The first-order valence-corrected chi connectivity index (χ1v) is 5.66. The number of nitrogens with zero attached hydrogens (tertiary/aromatic N) is 2. The highest BCUT2D eigenvalue weighted by molar-refractivity contribution is 5.64. The van der Waals surface area contributed by atoms with Gasteiger partial charge in [0.05, 0.1) is 4.92 Å². The molecule has 0 aromatic heterocycles. The normalized spacial score (nSPS) is 16.8. The molecule has 1 fully saturated rings. The average molecular weight is 234 g/mol. The zero-order valence-corrected chi connectivity index (χ0v) is 9.41. The van der Waals surface area contributed by atoms with Crippen LogP contribution >= 0.6 is 0 Å². The Morgan fingerprint density at radius 2 is 1.94 bits per heavy atom. The molecule has 1 aliphatic heterocycles. The number of benzene rings is 1. The Kier molecular flexibility index (Phi) is 3.37. The number of nitro benzene ring substituents is 1. The van der Waals surface area contributed by atoms with E-state index in [0.717, 1.165) is 19.1 Å². The molecule has 0 atom stereocenters. The van der Waals surface area contributed by atoms with Crippen LogP contribution in [0, 0.1) is 16.0 Å². The van der Waals surface area contributed by atoms with Gasteiger partial charge in [0.2, 0.25) is 0 Å². The fraction of sp³-hybridized carbons (Fsp3) is 0.417. The van der Waals surface area contributed by atoms with Crippen LogP contribution in [0.3, 0.4) is 0 Å². The lowest BCUT2D eigenvalue weighted by Crippen LogP contribution is -2.34. The van der Waals surface area contributed by atoms with E-state index in [0.29, 0.717) is 18.8 Å². The van der Waals surface area contributed by atoms with Crippen molar-refractivity contribution in [1.29, 1.82) is 0 Å². The molecular weight excluding hydrogens is 220 g/mol. The monoisotopic (exact) mass is 234 g/mol. The maximum Gasteiger partial charge on any atom is 0.292 e. The van der Waals surface area contributed by atoms with Crippen LogP contribution in [0.25, 0.3) is 0 Å². The molecule has 1 aliphatic rings. The van der Waals surface area contributed by atoms with E-state index in [4.69, 9.17) is 0 Å². The van der Waals surface area contributed by atoms with E-state index in [1.165, 1.54) is 6.07 Å². The topological polar surface area (TPSA) is 63.5 Å². The first kappa shape index (κ1) is 11.6. The molecule has 1 heterocycles. The van der Waals surface area contributed by atoms with Crippen molar-refractivity contribution in [2.75, 3.05) is 18.0 Å². The van der Waals surface area contributed by atoms with Crippen molar-refractivity contribution in [2.45, 2.75) is 12.8 Å². The summed E-state index contributed by atoms with van der Waals surface area (Å²) in [6.45, 7) is 1.41. The molecule has 0 bridgehead atoms. The maximum absolute atomic E-state index is 10.9. The number of anilines is 1. The van der Waals surface area contributed by atoms with Gasteiger partial charge in [0.25, 0.3) is 5.69 Å². The Bertz CT molecular complexity index is 426. The Hall–Kier alpha value is -1.91. The lowest BCUT2D eigenvalue weighted by atomic mass is 9.98. The van der Waals surface area contributed by atoms with E-state index < -0.39 is 0 Å². The smallest absolute Gasteiger partial charge is 0.292 e. The predicted octanol–water partition coefficient (Wildman–Crippen LogP) is 2.01. The van der Waals surface area contributed by atoms with Crippen LogP contribution in [0.4, 0.5) is 11.4 Å². The van der Waals surface area contributed by atoms with E-state index in [9.17, 15) is 14.9 Å². The third-order valence-electron chi connectivity index (χ3n) is 3.15. The van der Waals surface area contributed by atoms with E-state index in [2.05, 4.69) is 0 Å². The minimum Gasteiger partial charge on any atom is -0.366 e. The number of rotatable bonds is 3. The third kappa shape index (κ3) is 2.43. The molecule has 0 aliphatic carbocycles. The van der Waals surface area contributed by atoms with Crippen LogP contribution in [-0.4, -0.2) is 24.3 Å². The van der Waals surface area contributed by atoms with Crippen molar-refractivity contribution in [1.82, 2.24) is 0 Å². The van der Waals surface area contributed by atoms with Gasteiger partial charge in [-0.25, -0.2) is 0 Å². The first-order valence-electron chi connectivity index (χ1n) is 5.66. The molecule has 1 aromatic carbocycles. The first-order chi connectivity index (χ1) is 8.22. The van der Waals surface area contributed by atoms with E-state index in [1.807, 2.05) is 4.90 Å². The van der Waals surface area contributed by atoms with Gasteiger partial charge in [0.15, 0.2) is 0 Å². The number of carbonyl (C=O) groups excluding carboxylic acids is 1. The molecule has 5 nitrogen and oxygen atoms in total. The average Bonchev–Trinajstić information content (AvgIpc) is 2.39. The second kappa shape index (κ2) is 4.95. The Morgan fingerprint density at radius 3 is 2.53 bits per heavy atom. The number of nitro groups is 1. The molecule has 2 rings (SSSR count). The highest BCUT2D eigenvalue weighted by Gasteiger charge is 2.23. The molecule has 0 amide bonds. The standard InChI is InChI=1S/C12H14N2O3/c15-9-10-5-7-13(8-6-10)11-3-1-2-4-12(11)14(16)17/h1-4,9-10H,5-8H2. The van der Waals surface area contributed by atoms with Crippen molar-refractivity contribution in [2.24, 2.45) is 5.92 Å². The van der Waals surface area contributed by atoms with Crippen LogP contribution in [0.2, 0.25) is 0 Å². The molecule has 1 saturated heterocycles. The van der Waals surface area contributed by atoms with Gasteiger partial charge < -0.3 is 9.69 Å². The van der Waals surface area contributed by atoms with Crippen LogP contribution in [0.15, 0.2) is 24.3 Å². The maximum atomic E-state index is 10.9. The van der Waals surface area contributed by atoms with Gasteiger partial charge in [0.1, 0.15) is 12.0 Å². The van der Waals surface area contributed by atoms with Gasteiger partial charge in [-0.2, -0.15) is 0 Å². The Morgan fingerprint density at radius 1 is 1.29 bits per heavy atom. The van der Waals surface area contributed by atoms with Gasteiger partial charge >= 0.3 is 0 Å². The van der Waals surface area contributed by atoms with Crippen molar-refractivity contribution < 1.29 is 9.72 Å². The lowest BCUT2D eigenvalue weighted by Gasteiger charge is -2.31. The summed E-state index contributed by atoms with van der Waals surface area (Å²) < 4.78 is 0. The number of piperidine rings is 1. The molecule has 17 heavy (non-hydrogen) atoms. The largest absolute Gasteiger partial charge is 0.366 e. The summed E-state index contributed by atoms with van der Waals surface area (Å²) in [4.78, 5) is 23.2. The number of carbonyl (C=O) groups is 1. The lowest BCUT2D eigenvalue weighted by molar-refractivity contribution is -0.384. The summed E-state index contributed by atoms with van der Waals surface area (Å²) in [6.07, 6.45) is 2.53. The van der Waals surface area contributed by atoms with Crippen LogP contribution < -0.4 is 4.90 Å². The van der Waals surface area contributed by atoms with Gasteiger partial charge in [0, 0.05) is 25.1 Å². The fourth-order valence-corrected chi connectivity index (χ4v) is 2.16. The molecule has 1 aromatic rings. The van der Waals surface area contributed by atoms with Gasteiger partial charge in [-0.1, -0.05) is 12.1 Å². The summed E-state index contributed by atoms with van der Waals surface area (Å²) in [6, 6.07) is 6.74. The summed E-state index contributed by atoms with van der Waals surface area (Å²) in [5, 5.41) is 10.9. The van der Waals surface area contributed by atoms with Crippen LogP contribution in [0.1, 0.15) is 12.8 Å². The highest BCUT2D eigenvalue weighted by Crippen LogP contribution is 2.30. The predicted molar refractivity (Wildman–Crippen MR) is 64.1 cm³/mol. The SMILES string of the molecule is O=CC1CCN(c2ccccc2[N+](=O)[O-])CC1. The van der Waals surface area contributed by atoms with Crippen LogP contribution in [-0.2, 0) is 4.79 Å². The molecule has 5 heteroatoms. The summed E-state index contributed by atoms with van der Waals surface area (Å²) in [7, 11) is 0. The van der Waals surface area contributed by atoms with Gasteiger partial charge in [-0.3, -0.25) is 10.1 Å². The summed E-state index contributed by atoms with van der Waals surface area (Å²) in [5.41, 5.74) is 0.791. The third-order valence-corrected chi connectivity index (χ3v) is 3.15. The molecule has 0 spiro atoms. The fourth-order valence-electron chi connectivity index (χ4n) is 2.16. The minimum absolute atomic E-state index is 0.106. The molecule has 0 saturated carbocycles.